The van der Waals surface area contributed by atoms with Gasteiger partial charge in [0.1, 0.15) is 0 Å². The molecule has 0 spiro atoms. The second-order valence-corrected chi connectivity index (χ2v) is 3.45. The van der Waals surface area contributed by atoms with E-state index in [2.05, 4.69) is 11.0 Å². The standard InChI is InChI=1S/C8H14ClN/c1-10(2)8-6-4-3-5-7(8)9/h6-7H,3-5H2,1-2H3. The largest absolute Gasteiger partial charge is 0.380 e. The number of allylic oxidation sites excluding steroid dienone is 2. The Bertz CT molecular complexity index is 140. The molecule has 2 heteroatoms. The van der Waals surface area contributed by atoms with Crippen molar-refractivity contribution in [3.8, 4) is 0 Å². The predicted molar refractivity (Wildman–Crippen MR) is 45.3 cm³/mol. The maximum atomic E-state index is 6.07. The van der Waals surface area contributed by atoms with Gasteiger partial charge in [-0.1, -0.05) is 6.08 Å². The van der Waals surface area contributed by atoms with E-state index in [1.165, 1.54) is 18.5 Å². The highest BCUT2D eigenvalue weighted by Crippen LogP contribution is 2.24. The quantitative estimate of drug-likeness (QED) is 0.531. The summed E-state index contributed by atoms with van der Waals surface area (Å²) in [5.41, 5.74) is 1.29. The fourth-order valence-electron chi connectivity index (χ4n) is 1.29. The van der Waals surface area contributed by atoms with E-state index in [9.17, 15) is 0 Å². The van der Waals surface area contributed by atoms with Gasteiger partial charge in [0.2, 0.25) is 0 Å². The molecule has 0 heterocycles. The van der Waals surface area contributed by atoms with E-state index in [0.717, 1.165) is 6.42 Å². The van der Waals surface area contributed by atoms with Crippen molar-refractivity contribution in [1.82, 2.24) is 4.90 Å². The zero-order valence-electron chi connectivity index (χ0n) is 6.60. The summed E-state index contributed by atoms with van der Waals surface area (Å²) in [6, 6.07) is 0. The first-order valence-electron chi connectivity index (χ1n) is 3.73. The molecule has 0 saturated carbocycles. The van der Waals surface area contributed by atoms with Crippen LogP contribution in [0.4, 0.5) is 0 Å². The molecular weight excluding hydrogens is 146 g/mol. The van der Waals surface area contributed by atoms with E-state index in [1.807, 2.05) is 14.1 Å². The minimum atomic E-state index is 0.253. The smallest absolute Gasteiger partial charge is 0.0730 e. The van der Waals surface area contributed by atoms with Gasteiger partial charge >= 0.3 is 0 Å². The Labute approximate surface area is 67.7 Å². The fourth-order valence-corrected chi connectivity index (χ4v) is 1.72. The summed E-state index contributed by atoms with van der Waals surface area (Å²) >= 11 is 6.07. The van der Waals surface area contributed by atoms with Gasteiger partial charge in [0, 0.05) is 19.8 Å². The molecule has 0 amide bonds. The maximum Gasteiger partial charge on any atom is 0.0730 e. The maximum absolute atomic E-state index is 6.07. The lowest BCUT2D eigenvalue weighted by Gasteiger charge is -2.25. The monoisotopic (exact) mass is 159 g/mol. The van der Waals surface area contributed by atoms with Crippen LogP contribution in [-0.4, -0.2) is 24.4 Å². The molecule has 0 aromatic rings. The van der Waals surface area contributed by atoms with Gasteiger partial charge in [-0.05, 0) is 19.3 Å². The van der Waals surface area contributed by atoms with Crippen LogP contribution in [0.25, 0.3) is 0 Å². The van der Waals surface area contributed by atoms with Crippen molar-refractivity contribution in [1.29, 1.82) is 0 Å². The van der Waals surface area contributed by atoms with Gasteiger partial charge in [0.15, 0.2) is 0 Å². The van der Waals surface area contributed by atoms with Crippen molar-refractivity contribution in [2.24, 2.45) is 0 Å². The molecule has 10 heavy (non-hydrogen) atoms. The molecule has 0 aromatic heterocycles. The molecule has 0 aromatic carbocycles. The van der Waals surface area contributed by atoms with E-state index in [-0.39, 0.29) is 5.38 Å². The summed E-state index contributed by atoms with van der Waals surface area (Å²) in [6.07, 6.45) is 5.80. The number of halogens is 1. The first kappa shape index (κ1) is 7.93. The van der Waals surface area contributed by atoms with Crippen molar-refractivity contribution < 1.29 is 0 Å². The minimum Gasteiger partial charge on any atom is -0.380 e. The highest BCUT2D eigenvalue weighted by atomic mass is 35.5. The van der Waals surface area contributed by atoms with Gasteiger partial charge < -0.3 is 4.90 Å². The second kappa shape index (κ2) is 3.29. The zero-order valence-corrected chi connectivity index (χ0v) is 7.36. The Balaban J connectivity index is 2.61. The molecule has 1 aliphatic carbocycles. The summed E-state index contributed by atoms with van der Waals surface area (Å²) in [5, 5.41) is 0.253. The van der Waals surface area contributed by atoms with Crippen molar-refractivity contribution in [3.05, 3.63) is 11.8 Å². The zero-order chi connectivity index (χ0) is 7.56. The summed E-state index contributed by atoms with van der Waals surface area (Å²) < 4.78 is 0. The van der Waals surface area contributed by atoms with Gasteiger partial charge in [0.05, 0.1) is 5.38 Å². The first-order valence-corrected chi connectivity index (χ1v) is 4.17. The van der Waals surface area contributed by atoms with Crippen LogP contribution < -0.4 is 0 Å². The van der Waals surface area contributed by atoms with Gasteiger partial charge in [0.25, 0.3) is 0 Å². The molecule has 1 unspecified atom stereocenters. The number of rotatable bonds is 1. The Morgan fingerprint density at radius 2 is 2.30 bits per heavy atom. The van der Waals surface area contributed by atoms with Crippen LogP contribution in [0.2, 0.25) is 0 Å². The molecule has 0 N–H and O–H groups in total. The highest BCUT2D eigenvalue weighted by Gasteiger charge is 2.15. The van der Waals surface area contributed by atoms with Crippen LogP contribution >= 0.6 is 11.6 Å². The van der Waals surface area contributed by atoms with E-state index in [0.29, 0.717) is 0 Å². The summed E-state index contributed by atoms with van der Waals surface area (Å²) in [4.78, 5) is 2.11. The van der Waals surface area contributed by atoms with Crippen LogP contribution in [0.15, 0.2) is 11.8 Å². The van der Waals surface area contributed by atoms with Crippen LogP contribution in [-0.2, 0) is 0 Å². The van der Waals surface area contributed by atoms with E-state index in [1.54, 1.807) is 0 Å². The van der Waals surface area contributed by atoms with E-state index >= 15 is 0 Å². The normalized spacial score (nSPS) is 25.9. The van der Waals surface area contributed by atoms with Crippen molar-refractivity contribution in [2.75, 3.05) is 14.1 Å². The number of nitrogens with zero attached hydrogens (tertiary/aromatic N) is 1. The van der Waals surface area contributed by atoms with Gasteiger partial charge in [-0.15, -0.1) is 11.6 Å². The average molecular weight is 160 g/mol. The third-order valence-electron chi connectivity index (χ3n) is 1.85. The molecule has 1 atom stereocenters. The molecule has 0 radical (unpaired) electrons. The number of alkyl halides is 1. The van der Waals surface area contributed by atoms with Crippen LogP contribution in [0.1, 0.15) is 19.3 Å². The van der Waals surface area contributed by atoms with Crippen molar-refractivity contribution >= 4 is 11.6 Å². The Morgan fingerprint density at radius 3 is 2.70 bits per heavy atom. The van der Waals surface area contributed by atoms with Crippen LogP contribution in [0, 0.1) is 0 Å². The average Bonchev–Trinajstić information content (AvgIpc) is 1.88. The van der Waals surface area contributed by atoms with E-state index < -0.39 is 0 Å². The Kier molecular flexibility index (Phi) is 2.61. The van der Waals surface area contributed by atoms with E-state index in [4.69, 9.17) is 11.6 Å². The molecule has 58 valence electrons. The Morgan fingerprint density at radius 1 is 1.60 bits per heavy atom. The van der Waals surface area contributed by atoms with Crippen LogP contribution in [0.3, 0.4) is 0 Å². The lowest BCUT2D eigenvalue weighted by atomic mass is 10.0. The third-order valence-corrected chi connectivity index (χ3v) is 2.29. The van der Waals surface area contributed by atoms with Gasteiger partial charge in [-0.2, -0.15) is 0 Å². The molecule has 1 aliphatic rings. The predicted octanol–water partition coefficient (Wildman–Crippen LogP) is 2.22. The topological polar surface area (TPSA) is 3.24 Å². The molecule has 0 bridgehead atoms. The van der Waals surface area contributed by atoms with Crippen molar-refractivity contribution in [3.63, 3.8) is 0 Å². The second-order valence-electron chi connectivity index (χ2n) is 2.92. The van der Waals surface area contributed by atoms with Crippen LogP contribution in [0.5, 0.6) is 0 Å². The number of hydrogen-bond donors (Lipinski definition) is 0. The summed E-state index contributed by atoms with van der Waals surface area (Å²) in [6.45, 7) is 0. The summed E-state index contributed by atoms with van der Waals surface area (Å²) in [7, 11) is 4.10. The molecule has 0 fully saturated rings. The molecular formula is C8H14ClN. The SMILES string of the molecule is CN(C)C1=CCCCC1Cl. The molecule has 1 nitrogen and oxygen atoms in total. The third kappa shape index (κ3) is 1.66. The Hall–Kier alpha value is -0.170. The number of hydrogen-bond acceptors (Lipinski definition) is 1. The molecule has 1 rings (SSSR count). The molecule has 0 aliphatic heterocycles. The van der Waals surface area contributed by atoms with Crippen molar-refractivity contribution in [2.45, 2.75) is 24.6 Å². The molecule has 0 saturated heterocycles. The van der Waals surface area contributed by atoms with Gasteiger partial charge in [-0.25, -0.2) is 0 Å². The summed E-state index contributed by atoms with van der Waals surface area (Å²) in [5.74, 6) is 0. The fraction of sp³-hybridized carbons (Fsp3) is 0.750. The lowest BCUT2D eigenvalue weighted by Crippen LogP contribution is -2.21. The highest BCUT2D eigenvalue weighted by molar-refractivity contribution is 6.22. The van der Waals surface area contributed by atoms with Gasteiger partial charge in [-0.3, -0.25) is 0 Å². The first-order chi connectivity index (χ1) is 4.72. The lowest BCUT2D eigenvalue weighted by molar-refractivity contribution is 0.463. The minimum absolute atomic E-state index is 0.253.